The molecular formula is C13H21ClF3NO. The van der Waals surface area contributed by atoms with Crippen molar-refractivity contribution in [1.29, 1.82) is 0 Å². The third-order valence-electron chi connectivity index (χ3n) is 3.75. The van der Waals surface area contributed by atoms with Crippen LogP contribution in [0.3, 0.4) is 0 Å². The van der Waals surface area contributed by atoms with E-state index in [1.807, 2.05) is 6.92 Å². The molecular weight excluding hydrogens is 279 g/mol. The Kier molecular flexibility index (Phi) is 6.43. The molecule has 0 spiro atoms. The van der Waals surface area contributed by atoms with Crippen LogP contribution in [-0.2, 0) is 4.79 Å². The molecule has 2 nitrogen and oxygen atoms in total. The first-order chi connectivity index (χ1) is 8.86. The number of rotatable bonds is 5. The van der Waals surface area contributed by atoms with E-state index in [9.17, 15) is 18.0 Å². The Morgan fingerprint density at radius 1 is 1.37 bits per heavy atom. The Balaban J connectivity index is 2.53. The van der Waals surface area contributed by atoms with E-state index in [1.54, 1.807) is 0 Å². The van der Waals surface area contributed by atoms with Gasteiger partial charge in [0, 0.05) is 18.3 Å². The monoisotopic (exact) mass is 299 g/mol. The minimum atomic E-state index is -4.27. The molecule has 6 heteroatoms. The molecule has 1 rings (SSSR count). The standard InChI is InChI=1S/C13H21ClF3NO/c1-9(6-7-14)8-18-12(19)10-4-2-3-5-11(10)13(15,16)17/h9-11H,2-8H2,1H3,(H,18,19). The molecule has 0 radical (unpaired) electrons. The highest BCUT2D eigenvalue weighted by molar-refractivity contribution is 6.17. The molecule has 1 saturated carbocycles. The number of nitrogens with one attached hydrogen (secondary N) is 1. The molecule has 0 bridgehead atoms. The van der Waals surface area contributed by atoms with E-state index in [2.05, 4.69) is 5.32 Å². The van der Waals surface area contributed by atoms with Crippen molar-refractivity contribution in [3.8, 4) is 0 Å². The molecule has 112 valence electrons. The number of hydrogen-bond acceptors (Lipinski definition) is 1. The van der Waals surface area contributed by atoms with Crippen LogP contribution in [0, 0.1) is 17.8 Å². The Labute approximate surface area is 117 Å². The van der Waals surface area contributed by atoms with Crippen molar-refractivity contribution in [2.24, 2.45) is 17.8 Å². The molecule has 1 N–H and O–H groups in total. The fourth-order valence-electron chi connectivity index (χ4n) is 2.53. The molecule has 0 aliphatic heterocycles. The minimum Gasteiger partial charge on any atom is -0.356 e. The molecule has 3 atom stereocenters. The molecule has 0 heterocycles. The van der Waals surface area contributed by atoms with Crippen molar-refractivity contribution in [3.63, 3.8) is 0 Å². The van der Waals surface area contributed by atoms with E-state index >= 15 is 0 Å². The highest BCUT2D eigenvalue weighted by Crippen LogP contribution is 2.41. The first kappa shape index (κ1) is 16.6. The van der Waals surface area contributed by atoms with Gasteiger partial charge in [0.05, 0.1) is 5.92 Å². The van der Waals surface area contributed by atoms with Crippen molar-refractivity contribution in [2.75, 3.05) is 12.4 Å². The van der Waals surface area contributed by atoms with Crippen LogP contribution in [0.25, 0.3) is 0 Å². The van der Waals surface area contributed by atoms with E-state index in [1.165, 1.54) is 0 Å². The highest BCUT2D eigenvalue weighted by Gasteiger charge is 2.47. The summed E-state index contributed by atoms with van der Waals surface area (Å²) in [6.45, 7) is 2.32. The predicted molar refractivity (Wildman–Crippen MR) is 69.0 cm³/mol. The van der Waals surface area contributed by atoms with E-state index in [0.717, 1.165) is 6.42 Å². The summed E-state index contributed by atoms with van der Waals surface area (Å²) in [5.41, 5.74) is 0. The van der Waals surface area contributed by atoms with Gasteiger partial charge in [0.1, 0.15) is 0 Å². The molecule has 0 aromatic heterocycles. The molecule has 0 aromatic carbocycles. The summed E-state index contributed by atoms with van der Waals surface area (Å²) in [6.07, 6.45) is -1.88. The third kappa shape index (κ3) is 5.21. The minimum absolute atomic E-state index is 0.0683. The Bertz CT molecular complexity index is 296. The van der Waals surface area contributed by atoms with E-state index in [-0.39, 0.29) is 12.3 Å². The normalized spacial score (nSPS) is 25.9. The lowest BCUT2D eigenvalue weighted by molar-refractivity contribution is -0.198. The largest absolute Gasteiger partial charge is 0.392 e. The second-order valence-corrected chi connectivity index (χ2v) is 5.75. The smallest absolute Gasteiger partial charge is 0.356 e. The summed E-state index contributed by atoms with van der Waals surface area (Å²) in [4.78, 5) is 11.9. The van der Waals surface area contributed by atoms with Crippen LogP contribution < -0.4 is 5.32 Å². The van der Waals surface area contributed by atoms with Gasteiger partial charge in [0.15, 0.2) is 0 Å². The van der Waals surface area contributed by atoms with E-state index in [4.69, 9.17) is 11.6 Å². The van der Waals surface area contributed by atoms with Crippen LogP contribution in [0.15, 0.2) is 0 Å². The first-order valence-corrected chi connectivity index (χ1v) is 7.30. The molecule has 0 aromatic rings. The van der Waals surface area contributed by atoms with E-state index < -0.39 is 23.9 Å². The van der Waals surface area contributed by atoms with Gasteiger partial charge in [-0.05, 0) is 25.2 Å². The molecule has 1 aliphatic carbocycles. The summed E-state index contributed by atoms with van der Waals surface area (Å²) in [5.74, 6) is -2.18. The van der Waals surface area contributed by atoms with Gasteiger partial charge in [-0.2, -0.15) is 13.2 Å². The van der Waals surface area contributed by atoms with Crippen molar-refractivity contribution >= 4 is 17.5 Å². The molecule has 0 saturated heterocycles. The second-order valence-electron chi connectivity index (χ2n) is 5.37. The fraction of sp³-hybridized carbons (Fsp3) is 0.923. The average Bonchev–Trinajstić information content (AvgIpc) is 2.35. The molecule has 1 amide bonds. The average molecular weight is 300 g/mol. The predicted octanol–water partition coefficient (Wildman–Crippen LogP) is 3.74. The lowest BCUT2D eigenvalue weighted by Gasteiger charge is -2.32. The summed E-state index contributed by atoms with van der Waals surface area (Å²) < 4.78 is 38.6. The van der Waals surface area contributed by atoms with Crippen LogP contribution in [0.1, 0.15) is 39.0 Å². The molecule has 1 fully saturated rings. The van der Waals surface area contributed by atoms with Crippen molar-refractivity contribution in [2.45, 2.75) is 45.2 Å². The van der Waals surface area contributed by atoms with Crippen molar-refractivity contribution < 1.29 is 18.0 Å². The van der Waals surface area contributed by atoms with Gasteiger partial charge in [0.25, 0.3) is 0 Å². The second kappa shape index (κ2) is 7.36. The third-order valence-corrected chi connectivity index (χ3v) is 3.97. The summed E-state index contributed by atoms with van der Waals surface area (Å²) in [6, 6.07) is 0. The molecule has 1 aliphatic rings. The Hall–Kier alpha value is -0.450. The van der Waals surface area contributed by atoms with Crippen LogP contribution in [-0.4, -0.2) is 24.5 Å². The van der Waals surface area contributed by atoms with Gasteiger partial charge in [-0.15, -0.1) is 11.6 Å². The Morgan fingerprint density at radius 2 is 2.00 bits per heavy atom. The lowest BCUT2D eigenvalue weighted by atomic mass is 9.78. The van der Waals surface area contributed by atoms with E-state index in [0.29, 0.717) is 31.7 Å². The zero-order chi connectivity index (χ0) is 14.5. The maximum absolute atomic E-state index is 12.9. The maximum atomic E-state index is 12.9. The number of carbonyl (C=O) groups excluding carboxylic acids is 1. The first-order valence-electron chi connectivity index (χ1n) is 6.76. The maximum Gasteiger partial charge on any atom is 0.392 e. The van der Waals surface area contributed by atoms with Gasteiger partial charge in [-0.3, -0.25) is 4.79 Å². The van der Waals surface area contributed by atoms with Crippen LogP contribution >= 0.6 is 11.6 Å². The number of hydrogen-bond donors (Lipinski definition) is 1. The van der Waals surface area contributed by atoms with Crippen molar-refractivity contribution in [1.82, 2.24) is 5.32 Å². The summed E-state index contributed by atoms with van der Waals surface area (Å²) in [7, 11) is 0. The molecule has 3 unspecified atom stereocenters. The quantitative estimate of drug-likeness (QED) is 0.770. The van der Waals surface area contributed by atoms with Gasteiger partial charge in [0.2, 0.25) is 5.91 Å². The topological polar surface area (TPSA) is 29.1 Å². The zero-order valence-corrected chi connectivity index (χ0v) is 11.9. The number of alkyl halides is 4. The van der Waals surface area contributed by atoms with Crippen LogP contribution in [0.2, 0.25) is 0 Å². The fourth-order valence-corrected chi connectivity index (χ4v) is 2.90. The van der Waals surface area contributed by atoms with Crippen molar-refractivity contribution in [3.05, 3.63) is 0 Å². The van der Waals surface area contributed by atoms with Gasteiger partial charge >= 0.3 is 6.18 Å². The van der Waals surface area contributed by atoms with Gasteiger partial charge < -0.3 is 5.32 Å². The van der Waals surface area contributed by atoms with Crippen LogP contribution in [0.5, 0.6) is 0 Å². The summed E-state index contributed by atoms with van der Waals surface area (Å²) in [5, 5.41) is 2.64. The number of carbonyl (C=O) groups is 1. The van der Waals surface area contributed by atoms with Crippen LogP contribution in [0.4, 0.5) is 13.2 Å². The summed E-state index contributed by atoms with van der Waals surface area (Å²) >= 11 is 5.58. The number of amides is 1. The zero-order valence-electron chi connectivity index (χ0n) is 11.1. The van der Waals surface area contributed by atoms with Gasteiger partial charge in [-0.25, -0.2) is 0 Å². The Morgan fingerprint density at radius 3 is 2.58 bits per heavy atom. The van der Waals surface area contributed by atoms with Gasteiger partial charge in [-0.1, -0.05) is 19.8 Å². The number of halogens is 4. The highest BCUT2D eigenvalue weighted by atomic mass is 35.5. The lowest BCUT2D eigenvalue weighted by Crippen LogP contribution is -2.43. The SMILES string of the molecule is CC(CCCl)CNC(=O)C1CCCCC1C(F)(F)F. The molecule has 19 heavy (non-hydrogen) atoms.